The Bertz CT molecular complexity index is 614. The number of amides is 1. The van der Waals surface area contributed by atoms with Gasteiger partial charge in [-0.1, -0.05) is 24.3 Å². The molecular weight excluding hydrogens is 320 g/mol. The summed E-state index contributed by atoms with van der Waals surface area (Å²) in [4.78, 5) is 20.7. The number of para-hydroxylation sites is 1. The van der Waals surface area contributed by atoms with Crippen LogP contribution in [0.4, 0.5) is 5.69 Å². The Kier molecular flexibility index (Phi) is 6.05. The Hall–Kier alpha value is -2.35. The van der Waals surface area contributed by atoms with Crippen LogP contribution in [0.15, 0.2) is 54.8 Å². The highest BCUT2D eigenvalue weighted by Gasteiger charge is 2.38. The lowest BCUT2D eigenvalue weighted by molar-refractivity contribution is -0.140. The second-order valence-corrected chi connectivity index (χ2v) is 5.88. The van der Waals surface area contributed by atoms with Gasteiger partial charge in [0.1, 0.15) is 0 Å². The van der Waals surface area contributed by atoms with Crippen molar-refractivity contribution < 1.29 is 14.4 Å². The summed E-state index contributed by atoms with van der Waals surface area (Å²) in [7, 11) is 0. The fraction of sp³-hybridized carbons (Fsp3) is 0.389. The third-order valence-electron chi connectivity index (χ3n) is 4.09. The first-order valence-electron chi connectivity index (χ1n) is 8.48. The lowest BCUT2D eigenvalue weighted by Gasteiger charge is -2.32. The highest BCUT2D eigenvalue weighted by atomic mass is 16.7. The van der Waals surface area contributed by atoms with Gasteiger partial charge in [-0.3, -0.25) is 15.2 Å². The van der Waals surface area contributed by atoms with Gasteiger partial charge in [0, 0.05) is 26.2 Å². The summed E-state index contributed by atoms with van der Waals surface area (Å²) < 4.78 is 5.33. The summed E-state index contributed by atoms with van der Waals surface area (Å²) in [6.07, 6.45) is 6.97. The molecule has 1 atom stereocenters. The van der Waals surface area contributed by atoms with Gasteiger partial charge in [0.15, 0.2) is 0 Å². The zero-order valence-corrected chi connectivity index (χ0v) is 14.1. The van der Waals surface area contributed by atoms with Gasteiger partial charge in [-0.2, -0.15) is 0 Å². The number of anilines is 1. The third-order valence-corrected chi connectivity index (χ3v) is 4.09. The van der Waals surface area contributed by atoms with E-state index in [0.717, 1.165) is 38.5 Å². The van der Waals surface area contributed by atoms with Crippen LogP contribution in [0.5, 0.6) is 0 Å². The van der Waals surface area contributed by atoms with Gasteiger partial charge in [0.25, 0.3) is 11.6 Å². The van der Waals surface area contributed by atoms with E-state index in [0.29, 0.717) is 6.54 Å². The first-order chi connectivity index (χ1) is 12.3. The molecule has 2 heterocycles. The molecule has 1 fully saturated rings. The molecule has 1 saturated heterocycles. The number of nitrogens with one attached hydrogen (secondary N) is 3. The number of allylic oxidation sites excluding steroid dienone is 2. The highest BCUT2D eigenvalue weighted by Crippen LogP contribution is 2.16. The molecule has 0 saturated carbocycles. The fourth-order valence-corrected chi connectivity index (χ4v) is 2.65. The molecule has 0 spiro atoms. The van der Waals surface area contributed by atoms with Crippen molar-refractivity contribution in [2.24, 2.45) is 0 Å². The third kappa shape index (κ3) is 4.82. The van der Waals surface area contributed by atoms with Crippen LogP contribution in [0.3, 0.4) is 0 Å². The standard InChI is InChI=1S/C18H24N4O3/c23-17(19-10-11-22-12-14-24-15-13-22)18(8-4-5-9-20-18)25-21-16-6-2-1-3-7-16/h1-9,20-21H,10-15H2,(H,19,23). The van der Waals surface area contributed by atoms with Crippen LogP contribution in [-0.4, -0.2) is 55.9 Å². The molecular formula is C18H24N4O3. The average Bonchev–Trinajstić information content (AvgIpc) is 2.69. The van der Waals surface area contributed by atoms with Gasteiger partial charge in [-0.05, 0) is 30.5 Å². The van der Waals surface area contributed by atoms with Crippen LogP contribution in [0.25, 0.3) is 0 Å². The SMILES string of the molecule is O=C(NCCN1CCOCC1)C1(ONc2ccccc2)C=CC=CN1. The molecule has 2 aliphatic heterocycles. The van der Waals surface area contributed by atoms with Crippen molar-refractivity contribution in [3.05, 3.63) is 54.8 Å². The van der Waals surface area contributed by atoms with E-state index in [4.69, 9.17) is 9.57 Å². The number of hydrogen-bond acceptors (Lipinski definition) is 6. The molecule has 7 nitrogen and oxygen atoms in total. The van der Waals surface area contributed by atoms with Crippen LogP contribution >= 0.6 is 0 Å². The maximum Gasteiger partial charge on any atom is 0.280 e. The van der Waals surface area contributed by atoms with Gasteiger partial charge in [-0.15, -0.1) is 0 Å². The predicted octanol–water partition coefficient (Wildman–Crippen LogP) is 0.848. The van der Waals surface area contributed by atoms with Crippen molar-refractivity contribution in [2.75, 3.05) is 44.9 Å². The maximum absolute atomic E-state index is 12.7. The van der Waals surface area contributed by atoms with Crippen LogP contribution < -0.4 is 16.1 Å². The van der Waals surface area contributed by atoms with Crippen LogP contribution in [0.2, 0.25) is 0 Å². The molecule has 1 unspecified atom stereocenters. The Labute approximate surface area is 147 Å². The summed E-state index contributed by atoms with van der Waals surface area (Å²) in [6.45, 7) is 4.63. The fourth-order valence-electron chi connectivity index (χ4n) is 2.65. The number of carbonyl (C=O) groups is 1. The molecule has 1 amide bonds. The molecule has 0 radical (unpaired) electrons. The molecule has 7 heteroatoms. The minimum absolute atomic E-state index is 0.246. The molecule has 134 valence electrons. The van der Waals surface area contributed by atoms with Gasteiger partial charge in [0.05, 0.1) is 18.9 Å². The Morgan fingerprint density at radius 3 is 2.76 bits per heavy atom. The second kappa shape index (κ2) is 8.66. The van der Waals surface area contributed by atoms with Crippen molar-refractivity contribution in [1.82, 2.24) is 15.5 Å². The molecule has 1 aromatic carbocycles. The van der Waals surface area contributed by atoms with E-state index in [1.165, 1.54) is 0 Å². The van der Waals surface area contributed by atoms with E-state index in [-0.39, 0.29) is 5.91 Å². The second-order valence-electron chi connectivity index (χ2n) is 5.88. The van der Waals surface area contributed by atoms with Crippen LogP contribution in [0, 0.1) is 0 Å². The Balaban J connectivity index is 1.54. The number of hydrogen-bond donors (Lipinski definition) is 3. The molecule has 0 aliphatic carbocycles. The zero-order valence-electron chi connectivity index (χ0n) is 14.1. The normalized spacial score (nSPS) is 23.0. The van der Waals surface area contributed by atoms with Crippen molar-refractivity contribution in [2.45, 2.75) is 5.72 Å². The molecule has 0 aromatic heterocycles. The number of carbonyl (C=O) groups excluding carboxylic acids is 1. The van der Waals surface area contributed by atoms with E-state index in [2.05, 4.69) is 21.0 Å². The number of morpholine rings is 1. The molecule has 0 bridgehead atoms. The predicted molar refractivity (Wildman–Crippen MR) is 95.6 cm³/mol. The number of ether oxygens (including phenoxy) is 1. The van der Waals surface area contributed by atoms with Crippen molar-refractivity contribution in [1.29, 1.82) is 0 Å². The molecule has 3 rings (SSSR count). The van der Waals surface area contributed by atoms with E-state index in [9.17, 15) is 4.79 Å². The maximum atomic E-state index is 12.7. The zero-order chi connectivity index (χ0) is 17.4. The Morgan fingerprint density at radius 1 is 1.24 bits per heavy atom. The average molecular weight is 344 g/mol. The minimum atomic E-state index is -1.28. The van der Waals surface area contributed by atoms with E-state index in [1.807, 2.05) is 36.4 Å². The summed E-state index contributed by atoms with van der Waals surface area (Å²) in [5.74, 6) is -0.246. The smallest absolute Gasteiger partial charge is 0.280 e. The van der Waals surface area contributed by atoms with Crippen molar-refractivity contribution in [3.63, 3.8) is 0 Å². The lowest BCUT2D eigenvalue weighted by atomic mass is 10.1. The number of dihydropyridines is 1. The van der Waals surface area contributed by atoms with Gasteiger partial charge >= 0.3 is 0 Å². The van der Waals surface area contributed by atoms with E-state index in [1.54, 1.807) is 18.4 Å². The molecule has 1 aromatic rings. The molecule has 3 N–H and O–H groups in total. The van der Waals surface area contributed by atoms with Gasteiger partial charge in [0.2, 0.25) is 0 Å². The van der Waals surface area contributed by atoms with Crippen LogP contribution in [0.1, 0.15) is 0 Å². The van der Waals surface area contributed by atoms with Gasteiger partial charge in [-0.25, -0.2) is 4.84 Å². The van der Waals surface area contributed by atoms with Crippen molar-refractivity contribution in [3.8, 4) is 0 Å². The quantitative estimate of drug-likeness (QED) is 0.637. The van der Waals surface area contributed by atoms with E-state index < -0.39 is 5.72 Å². The summed E-state index contributed by atoms with van der Waals surface area (Å²) in [5.41, 5.74) is 2.33. The first kappa shape index (κ1) is 17.5. The lowest BCUT2D eigenvalue weighted by Crippen LogP contribution is -2.58. The summed E-state index contributed by atoms with van der Waals surface area (Å²) in [6, 6.07) is 9.44. The largest absolute Gasteiger partial charge is 0.379 e. The van der Waals surface area contributed by atoms with Gasteiger partial charge < -0.3 is 15.4 Å². The highest BCUT2D eigenvalue weighted by molar-refractivity contribution is 5.87. The number of benzene rings is 1. The molecule has 2 aliphatic rings. The molecule has 25 heavy (non-hydrogen) atoms. The summed E-state index contributed by atoms with van der Waals surface area (Å²) >= 11 is 0. The first-order valence-corrected chi connectivity index (χ1v) is 8.48. The number of rotatable bonds is 7. The minimum Gasteiger partial charge on any atom is -0.379 e. The van der Waals surface area contributed by atoms with Crippen molar-refractivity contribution >= 4 is 11.6 Å². The van der Waals surface area contributed by atoms with Crippen LogP contribution in [-0.2, 0) is 14.4 Å². The van der Waals surface area contributed by atoms with E-state index >= 15 is 0 Å². The Morgan fingerprint density at radius 2 is 2.04 bits per heavy atom. The monoisotopic (exact) mass is 344 g/mol. The number of nitrogens with zero attached hydrogens (tertiary/aromatic N) is 1. The topological polar surface area (TPSA) is 74.9 Å². The summed E-state index contributed by atoms with van der Waals surface area (Å²) in [5, 5.41) is 5.94.